The minimum Gasteiger partial charge on any atom is -0.497 e. The van der Waals surface area contributed by atoms with Crippen molar-refractivity contribution in [2.75, 3.05) is 27.3 Å². The summed E-state index contributed by atoms with van der Waals surface area (Å²) in [4.78, 5) is 42.9. The molecule has 0 fully saturated rings. The molecule has 1 amide bonds. The Balaban J connectivity index is 0.000000269. The van der Waals surface area contributed by atoms with Crippen molar-refractivity contribution in [2.24, 2.45) is 10.7 Å². The molecule has 4 aromatic heterocycles. The van der Waals surface area contributed by atoms with Gasteiger partial charge < -0.3 is 30.5 Å². The zero-order valence-electron chi connectivity index (χ0n) is 35.9. The van der Waals surface area contributed by atoms with Crippen LogP contribution < -0.4 is 20.5 Å². The molecule has 0 unspecified atom stereocenters. The fourth-order valence-corrected chi connectivity index (χ4v) is 6.09. The van der Waals surface area contributed by atoms with Gasteiger partial charge in [0.15, 0.2) is 0 Å². The Hall–Kier alpha value is -6.47. The molecule has 61 heavy (non-hydrogen) atoms. The number of nitrogens with zero attached hydrogens (tertiary/aromatic N) is 3. The quantitative estimate of drug-likeness (QED) is 0.0323. The molecule has 4 heterocycles. The molecular weight excluding hydrogens is 803 g/mol. The summed E-state index contributed by atoms with van der Waals surface area (Å²) in [6.07, 6.45) is 14.3. The van der Waals surface area contributed by atoms with E-state index in [2.05, 4.69) is 83.4 Å². The monoisotopic (exact) mass is 856 g/mol. The predicted molar refractivity (Wildman–Crippen MR) is 253 cm³/mol. The molecule has 6 rings (SSSR count). The van der Waals surface area contributed by atoms with Crippen molar-refractivity contribution in [2.45, 2.75) is 65.3 Å². The number of benzene rings is 2. The molecule has 5 N–H and O–H groups in total. The van der Waals surface area contributed by atoms with Gasteiger partial charge in [-0.1, -0.05) is 50.0 Å². The van der Waals surface area contributed by atoms with E-state index in [4.69, 9.17) is 28.8 Å². The number of carbonyl (C=O) groups excluding carboxylic acids is 2. The number of fused-ring (bicyclic) bond motifs is 2. The number of hydrogen-bond donors (Lipinski definition) is 4. The first kappa shape index (κ1) is 47.2. The number of thiocarbonyl (C=S) groups is 2. The number of hydrogen-bond acceptors (Lipinski definition) is 10. The summed E-state index contributed by atoms with van der Waals surface area (Å²) in [6.45, 7) is 1.69. The number of methoxy groups -OCH3 is 2. The molecule has 316 valence electrons. The van der Waals surface area contributed by atoms with E-state index in [9.17, 15) is 9.59 Å². The third-order valence-electron chi connectivity index (χ3n) is 8.92. The van der Waals surface area contributed by atoms with E-state index < -0.39 is 0 Å². The van der Waals surface area contributed by atoms with Gasteiger partial charge in [-0.2, -0.15) is 0 Å². The topological polar surface area (TPSA) is 160 Å². The van der Waals surface area contributed by atoms with E-state index >= 15 is 0 Å². The van der Waals surface area contributed by atoms with Crippen LogP contribution in [0.15, 0.2) is 103 Å². The third kappa shape index (κ3) is 17.7. The molecule has 0 aliphatic rings. The van der Waals surface area contributed by atoms with E-state index in [0.29, 0.717) is 26.1 Å². The number of aromatic amines is 2. The molecule has 0 aliphatic heterocycles. The van der Waals surface area contributed by atoms with Crippen molar-refractivity contribution >= 4 is 68.2 Å². The maximum atomic E-state index is 12.0. The number of unbranched alkanes of at least 4 members (excludes halogenated alkanes) is 2. The number of amides is 1. The standard InChI is InChI=1S/C25H26N2O2S.C13H16N2O2.C9H7N3S.CH4/c1-29-22-8-5-6-19(18-22)10-12-21(28)7-3-2-4-9-23(30)13-11-20-14-16-26-25-24(20)15-17-27-25;1-17-12-5-2-4-11(10-12)6-7-13(16)15-9-3-8-14;13-6-10-5-7-1-3-11-9-8(7)2-4-12-9;/h5-6,8,14-18H,2-4,7,9,11,13H2,1H3,(H,26,27);2,4-5,10H,3,8-9,14H2,1H3,(H,15,16);1-4H,5H2,(H,11,12);1H4/i;;;1D. The highest BCUT2D eigenvalue weighted by Crippen LogP contribution is 2.19. The summed E-state index contributed by atoms with van der Waals surface area (Å²) in [5, 5.41) is 7.28. The number of aromatic nitrogens is 4. The summed E-state index contributed by atoms with van der Waals surface area (Å²) in [5.74, 6) is 12.1. The van der Waals surface area contributed by atoms with Gasteiger partial charge in [0.25, 0.3) is 5.91 Å². The van der Waals surface area contributed by atoms with Crippen LogP contribution in [-0.2, 0) is 22.6 Å². The molecule has 6 aromatic rings. The molecule has 0 aliphatic carbocycles. The van der Waals surface area contributed by atoms with Crippen LogP contribution >= 0.6 is 24.4 Å². The maximum absolute atomic E-state index is 12.0. The average Bonchev–Trinajstić information content (AvgIpc) is 4.01. The minimum absolute atomic E-state index is 0.0198. The molecule has 0 spiro atoms. The lowest BCUT2D eigenvalue weighted by molar-refractivity contribution is -0.116. The smallest absolute Gasteiger partial charge is 0.296 e. The number of pyridine rings is 2. The largest absolute Gasteiger partial charge is 0.497 e. The van der Waals surface area contributed by atoms with Gasteiger partial charge in [-0.05, 0) is 140 Å². The second-order valence-corrected chi connectivity index (χ2v) is 14.0. The van der Waals surface area contributed by atoms with Crippen LogP contribution in [0.3, 0.4) is 0 Å². The lowest BCUT2D eigenvalue weighted by atomic mass is 10.0. The Morgan fingerprint density at radius 2 is 1.39 bits per heavy atom. The highest BCUT2D eigenvalue weighted by Gasteiger charge is 2.06. The van der Waals surface area contributed by atoms with E-state index in [1.54, 1.807) is 26.5 Å². The van der Waals surface area contributed by atoms with Gasteiger partial charge in [0, 0.05) is 66.9 Å². The zero-order valence-corrected chi connectivity index (χ0v) is 36.5. The van der Waals surface area contributed by atoms with Gasteiger partial charge in [-0.25, -0.2) is 15.0 Å². The second kappa shape index (κ2) is 28.1. The van der Waals surface area contributed by atoms with Gasteiger partial charge >= 0.3 is 0 Å². The Kier molecular flexibility index (Phi) is 21.7. The SMILES string of the molecule is COc1cccc(C#CC(=O)CCCCCC(=S)CCc2ccnc3[nH]ccc23)c1.COc1cccc(C#CC(=O)NCCCN)c1.S=C=NCc1ccnc2[nH]ccc12.[2H]C. The van der Waals surface area contributed by atoms with Crippen molar-refractivity contribution in [1.82, 2.24) is 25.3 Å². The number of rotatable bonds is 16. The van der Waals surface area contributed by atoms with E-state index in [1.165, 1.54) is 18.4 Å². The van der Waals surface area contributed by atoms with E-state index in [0.717, 1.165) is 94.7 Å². The van der Waals surface area contributed by atoms with Crippen LogP contribution in [0, 0.1) is 23.7 Å². The Bertz CT molecular complexity index is 2510. The van der Waals surface area contributed by atoms with E-state index in [1.807, 2.05) is 73.2 Å². The average molecular weight is 857 g/mol. The number of ketones is 1. The van der Waals surface area contributed by atoms with Crippen molar-refractivity contribution in [1.29, 1.82) is 0 Å². The molecule has 0 bridgehead atoms. The van der Waals surface area contributed by atoms with Crippen molar-refractivity contribution in [3.05, 3.63) is 120 Å². The summed E-state index contributed by atoms with van der Waals surface area (Å²) in [5.41, 5.74) is 11.1. The molecule has 0 atom stereocenters. The van der Waals surface area contributed by atoms with Gasteiger partial charge in [-0.3, -0.25) is 9.59 Å². The summed E-state index contributed by atoms with van der Waals surface area (Å²) < 4.78 is 16.0. The number of carbonyl (C=O) groups is 2. The molecular formula is C48H53N7O4S2. The van der Waals surface area contributed by atoms with Crippen molar-refractivity contribution in [3.8, 4) is 35.2 Å². The number of nitrogens with one attached hydrogen (secondary N) is 3. The normalized spacial score (nSPS) is 9.87. The molecule has 0 saturated heterocycles. The number of nitrogens with two attached hydrogens (primary N) is 1. The zero-order chi connectivity index (χ0) is 44.8. The highest BCUT2D eigenvalue weighted by molar-refractivity contribution is 7.80. The molecule has 11 nitrogen and oxygen atoms in total. The lowest BCUT2D eigenvalue weighted by Crippen LogP contribution is -2.24. The van der Waals surface area contributed by atoms with Crippen LogP contribution in [0.1, 0.15) is 76.0 Å². The van der Waals surface area contributed by atoms with Gasteiger partial charge in [0.05, 0.1) is 25.9 Å². The van der Waals surface area contributed by atoms with Gasteiger partial charge in [-0.15, -0.1) is 0 Å². The number of H-pyrrole nitrogens is 2. The molecule has 0 radical (unpaired) electrons. The minimum atomic E-state index is -0.290. The van der Waals surface area contributed by atoms with Crippen LogP contribution in [0.25, 0.3) is 22.1 Å². The number of ether oxygens (including phenoxy) is 2. The Morgan fingerprint density at radius 1 is 0.803 bits per heavy atom. The van der Waals surface area contributed by atoms with Crippen LogP contribution in [-0.4, -0.2) is 69.0 Å². The molecule has 2 aromatic carbocycles. The number of Topliss-reactive ketones (excluding diaryl/α,β-unsaturated/α-hetero) is 1. The van der Waals surface area contributed by atoms with E-state index in [-0.39, 0.29) is 11.7 Å². The first-order chi connectivity index (χ1) is 30.3. The van der Waals surface area contributed by atoms with Crippen LogP contribution in [0.4, 0.5) is 0 Å². The summed E-state index contributed by atoms with van der Waals surface area (Å²) in [6, 6.07) is 22.7. The van der Waals surface area contributed by atoms with Crippen molar-refractivity contribution < 1.29 is 20.4 Å². The Labute approximate surface area is 370 Å². The molecule has 13 heteroatoms. The van der Waals surface area contributed by atoms with Crippen LogP contribution in [0.2, 0.25) is 0 Å². The van der Waals surface area contributed by atoms with Crippen LogP contribution in [0.5, 0.6) is 11.5 Å². The fourth-order valence-electron chi connectivity index (χ4n) is 5.78. The summed E-state index contributed by atoms with van der Waals surface area (Å²) in [7, 11) is 4.45. The number of aliphatic imine (C=N–C) groups is 1. The predicted octanol–water partition coefficient (Wildman–Crippen LogP) is 8.76. The lowest BCUT2D eigenvalue weighted by Gasteiger charge is -2.05. The maximum Gasteiger partial charge on any atom is 0.296 e. The second-order valence-electron chi connectivity index (χ2n) is 13.2. The van der Waals surface area contributed by atoms with Gasteiger partial charge in [0.2, 0.25) is 5.78 Å². The third-order valence-corrected chi connectivity index (χ3v) is 9.46. The fraction of sp³-hybridized carbons (Fsp3) is 0.292. The van der Waals surface area contributed by atoms with Crippen molar-refractivity contribution in [3.63, 3.8) is 0 Å². The summed E-state index contributed by atoms with van der Waals surface area (Å²) >= 11 is 10.1. The first-order valence-electron chi connectivity index (χ1n) is 20.5. The first-order valence-corrected chi connectivity index (χ1v) is 20.3. The van der Waals surface area contributed by atoms with Gasteiger partial charge in [0.1, 0.15) is 22.8 Å². The number of isothiocyanates is 1. The highest BCUT2D eigenvalue weighted by atomic mass is 32.1. The Morgan fingerprint density at radius 3 is 2.00 bits per heavy atom. The molecule has 0 saturated carbocycles. The number of aryl methyl sites for hydroxylation is 1.